The number of nitrogens with two attached hydrogens (primary N) is 1. The highest BCUT2D eigenvalue weighted by molar-refractivity contribution is 5.92. The minimum Gasteiger partial charge on any atom is -0.384 e. The zero-order valence-corrected chi connectivity index (χ0v) is 10.2. The van der Waals surface area contributed by atoms with Gasteiger partial charge in [-0.25, -0.2) is 4.98 Å². The lowest BCUT2D eigenvalue weighted by molar-refractivity contribution is 0.0779. The fourth-order valence-corrected chi connectivity index (χ4v) is 1.70. The molecule has 0 fully saturated rings. The SMILES string of the molecule is CN(Cc1ccccc1)C(=O)c1cccc(N)n1. The second-order valence-electron chi connectivity index (χ2n) is 4.09. The molecule has 0 spiro atoms. The van der Waals surface area contributed by atoms with Crippen LogP contribution in [0.25, 0.3) is 0 Å². The smallest absolute Gasteiger partial charge is 0.272 e. The van der Waals surface area contributed by atoms with E-state index in [0.29, 0.717) is 18.1 Å². The van der Waals surface area contributed by atoms with E-state index in [2.05, 4.69) is 4.98 Å². The molecule has 1 amide bonds. The molecule has 0 saturated carbocycles. The predicted octanol–water partition coefficient (Wildman–Crippen LogP) is 1.94. The number of nitrogens with zero attached hydrogens (tertiary/aromatic N) is 2. The Morgan fingerprint density at radius 3 is 2.56 bits per heavy atom. The number of nitrogen functional groups attached to an aromatic ring is 1. The van der Waals surface area contributed by atoms with Gasteiger partial charge in [-0.1, -0.05) is 36.4 Å². The van der Waals surface area contributed by atoms with E-state index >= 15 is 0 Å². The van der Waals surface area contributed by atoms with Crippen LogP contribution >= 0.6 is 0 Å². The number of anilines is 1. The number of carbonyl (C=O) groups excluding carboxylic acids is 1. The molecule has 2 aromatic rings. The second-order valence-corrected chi connectivity index (χ2v) is 4.09. The summed E-state index contributed by atoms with van der Waals surface area (Å²) >= 11 is 0. The molecule has 1 aromatic carbocycles. The summed E-state index contributed by atoms with van der Waals surface area (Å²) in [5.41, 5.74) is 7.02. The Labute approximate surface area is 106 Å². The van der Waals surface area contributed by atoms with Crippen molar-refractivity contribution in [3.8, 4) is 0 Å². The summed E-state index contributed by atoms with van der Waals surface area (Å²) in [4.78, 5) is 17.8. The average molecular weight is 241 g/mol. The molecule has 18 heavy (non-hydrogen) atoms. The molecule has 4 nitrogen and oxygen atoms in total. The van der Waals surface area contributed by atoms with Crippen molar-refractivity contribution in [2.45, 2.75) is 6.54 Å². The van der Waals surface area contributed by atoms with E-state index < -0.39 is 0 Å². The van der Waals surface area contributed by atoms with Crippen molar-refractivity contribution in [1.82, 2.24) is 9.88 Å². The van der Waals surface area contributed by atoms with Crippen molar-refractivity contribution >= 4 is 11.7 Å². The highest BCUT2D eigenvalue weighted by Crippen LogP contribution is 2.08. The van der Waals surface area contributed by atoms with Gasteiger partial charge in [0.25, 0.3) is 5.91 Å². The van der Waals surface area contributed by atoms with E-state index in [0.717, 1.165) is 5.56 Å². The molecule has 0 aliphatic carbocycles. The molecule has 0 saturated heterocycles. The fourth-order valence-electron chi connectivity index (χ4n) is 1.70. The number of benzene rings is 1. The van der Waals surface area contributed by atoms with Gasteiger partial charge in [-0.15, -0.1) is 0 Å². The van der Waals surface area contributed by atoms with Crippen LogP contribution in [0.5, 0.6) is 0 Å². The molecule has 0 unspecified atom stereocenters. The van der Waals surface area contributed by atoms with Crippen molar-refractivity contribution in [3.63, 3.8) is 0 Å². The summed E-state index contributed by atoms with van der Waals surface area (Å²) in [6.07, 6.45) is 0. The average Bonchev–Trinajstić information content (AvgIpc) is 2.39. The Bertz CT molecular complexity index is 540. The highest BCUT2D eigenvalue weighted by atomic mass is 16.2. The molecule has 0 atom stereocenters. The number of carbonyl (C=O) groups is 1. The molecule has 1 heterocycles. The standard InChI is InChI=1S/C14H15N3O/c1-17(10-11-6-3-2-4-7-11)14(18)12-8-5-9-13(15)16-12/h2-9H,10H2,1H3,(H2,15,16). The Kier molecular flexibility index (Phi) is 3.57. The normalized spacial score (nSPS) is 10.1. The van der Waals surface area contributed by atoms with Crippen molar-refractivity contribution in [3.05, 3.63) is 59.8 Å². The van der Waals surface area contributed by atoms with E-state index in [1.54, 1.807) is 30.1 Å². The predicted molar refractivity (Wildman–Crippen MR) is 70.9 cm³/mol. The van der Waals surface area contributed by atoms with Crippen LogP contribution in [0.15, 0.2) is 48.5 Å². The van der Waals surface area contributed by atoms with Crippen LogP contribution in [0.2, 0.25) is 0 Å². The van der Waals surface area contributed by atoms with Crippen molar-refractivity contribution < 1.29 is 4.79 Å². The van der Waals surface area contributed by atoms with Gasteiger partial charge in [-0.2, -0.15) is 0 Å². The second kappa shape index (κ2) is 5.31. The molecular formula is C14H15N3O. The van der Waals surface area contributed by atoms with Gasteiger partial charge in [0.2, 0.25) is 0 Å². The van der Waals surface area contributed by atoms with Gasteiger partial charge in [0.05, 0.1) is 0 Å². The van der Waals surface area contributed by atoms with E-state index in [9.17, 15) is 4.79 Å². The van der Waals surface area contributed by atoms with Crippen molar-refractivity contribution in [2.75, 3.05) is 12.8 Å². The number of aromatic nitrogens is 1. The van der Waals surface area contributed by atoms with Gasteiger partial charge in [0, 0.05) is 13.6 Å². The van der Waals surface area contributed by atoms with Crippen LogP contribution in [-0.4, -0.2) is 22.8 Å². The van der Waals surface area contributed by atoms with Gasteiger partial charge >= 0.3 is 0 Å². The lowest BCUT2D eigenvalue weighted by Crippen LogP contribution is -2.27. The summed E-state index contributed by atoms with van der Waals surface area (Å²) < 4.78 is 0. The summed E-state index contributed by atoms with van der Waals surface area (Å²) in [5, 5.41) is 0. The van der Waals surface area contributed by atoms with Crippen LogP contribution in [0.4, 0.5) is 5.82 Å². The number of hydrogen-bond acceptors (Lipinski definition) is 3. The molecule has 0 aliphatic heterocycles. The van der Waals surface area contributed by atoms with Crippen molar-refractivity contribution in [1.29, 1.82) is 0 Å². The first-order valence-corrected chi connectivity index (χ1v) is 5.69. The minimum absolute atomic E-state index is 0.133. The Balaban J connectivity index is 2.10. The maximum absolute atomic E-state index is 12.1. The van der Waals surface area contributed by atoms with E-state index in [-0.39, 0.29) is 5.91 Å². The lowest BCUT2D eigenvalue weighted by Gasteiger charge is -2.16. The summed E-state index contributed by atoms with van der Waals surface area (Å²) in [6, 6.07) is 14.9. The number of amides is 1. The lowest BCUT2D eigenvalue weighted by atomic mass is 10.2. The molecule has 0 bridgehead atoms. The van der Waals surface area contributed by atoms with E-state index in [1.807, 2.05) is 30.3 Å². The largest absolute Gasteiger partial charge is 0.384 e. The van der Waals surface area contributed by atoms with Gasteiger partial charge in [-0.05, 0) is 17.7 Å². The number of hydrogen-bond donors (Lipinski definition) is 1. The topological polar surface area (TPSA) is 59.2 Å². The Hall–Kier alpha value is -2.36. The van der Waals surface area contributed by atoms with Gasteiger partial charge in [-0.3, -0.25) is 4.79 Å². The molecule has 0 aliphatic rings. The first-order chi connectivity index (χ1) is 8.66. The highest BCUT2D eigenvalue weighted by Gasteiger charge is 2.13. The van der Waals surface area contributed by atoms with Crippen LogP contribution in [0.1, 0.15) is 16.1 Å². The zero-order chi connectivity index (χ0) is 13.0. The van der Waals surface area contributed by atoms with E-state index in [1.165, 1.54) is 0 Å². The van der Waals surface area contributed by atoms with Crippen LogP contribution < -0.4 is 5.73 Å². The van der Waals surface area contributed by atoms with E-state index in [4.69, 9.17) is 5.73 Å². The molecule has 2 rings (SSSR count). The first kappa shape index (κ1) is 12.1. The quantitative estimate of drug-likeness (QED) is 0.893. The first-order valence-electron chi connectivity index (χ1n) is 5.69. The third-order valence-electron chi connectivity index (χ3n) is 2.60. The molecule has 2 N–H and O–H groups in total. The van der Waals surface area contributed by atoms with Crippen LogP contribution in [0.3, 0.4) is 0 Å². The third-order valence-corrected chi connectivity index (χ3v) is 2.60. The summed E-state index contributed by atoms with van der Waals surface area (Å²) in [7, 11) is 1.75. The van der Waals surface area contributed by atoms with Gasteiger partial charge < -0.3 is 10.6 Å². The third kappa shape index (κ3) is 2.85. The summed E-state index contributed by atoms with van der Waals surface area (Å²) in [5.74, 6) is 0.222. The van der Waals surface area contributed by atoms with Gasteiger partial charge in [0.1, 0.15) is 11.5 Å². The fraction of sp³-hybridized carbons (Fsp3) is 0.143. The number of rotatable bonds is 3. The van der Waals surface area contributed by atoms with Crippen molar-refractivity contribution in [2.24, 2.45) is 0 Å². The summed E-state index contributed by atoms with van der Waals surface area (Å²) in [6.45, 7) is 0.552. The molecule has 4 heteroatoms. The Morgan fingerprint density at radius 1 is 1.17 bits per heavy atom. The maximum atomic E-state index is 12.1. The molecule has 1 aromatic heterocycles. The minimum atomic E-state index is -0.133. The van der Waals surface area contributed by atoms with Gasteiger partial charge in [0.15, 0.2) is 0 Å². The van der Waals surface area contributed by atoms with Crippen LogP contribution in [0, 0.1) is 0 Å². The zero-order valence-electron chi connectivity index (χ0n) is 10.2. The van der Waals surface area contributed by atoms with Crippen LogP contribution in [-0.2, 0) is 6.54 Å². The number of pyridine rings is 1. The molecular weight excluding hydrogens is 226 g/mol. The maximum Gasteiger partial charge on any atom is 0.272 e. The Morgan fingerprint density at radius 2 is 1.89 bits per heavy atom. The molecule has 92 valence electrons. The molecule has 0 radical (unpaired) electrons. The monoisotopic (exact) mass is 241 g/mol.